The first kappa shape index (κ1) is 20.9. The summed E-state index contributed by atoms with van der Waals surface area (Å²) < 4.78 is 17.3. The Labute approximate surface area is 183 Å². The Morgan fingerprint density at radius 2 is 1.71 bits per heavy atom. The van der Waals surface area contributed by atoms with Crippen LogP contribution in [0.1, 0.15) is 28.8 Å². The van der Waals surface area contributed by atoms with Crippen molar-refractivity contribution in [3.05, 3.63) is 90.0 Å². The number of carbonyl (C=O) groups is 1. The standard InChI is InChI=1S/C26H27NO4/c28-26(27-24-10-4-5-11-25(24)31-19-23-9-6-17-29-23)21-12-14-22(15-13-21)30-18-16-20-7-2-1-3-8-20/h1-5,7-8,10-15,23H,6,9,16-19H2,(H,27,28). The van der Waals surface area contributed by atoms with Crippen molar-refractivity contribution in [2.45, 2.75) is 25.4 Å². The van der Waals surface area contributed by atoms with Gasteiger partial charge in [-0.05, 0) is 54.8 Å². The average molecular weight is 418 g/mol. The van der Waals surface area contributed by atoms with Gasteiger partial charge in [-0.2, -0.15) is 0 Å². The number of ether oxygens (including phenoxy) is 3. The van der Waals surface area contributed by atoms with E-state index >= 15 is 0 Å². The van der Waals surface area contributed by atoms with Gasteiger partial charge in [0, 0.05) is 18.6 Å². The van der Waals surface area contributed by atoms with Crippen molar-refractivity contribution in [1.82, 2.24) is 0 Å². The molecule has 160 valence electrons. The second kappa shape index (κ2) is 10.6. The van der Waals surface area contributed by atoms with Gasteiger partial charge in [-0.3, -0.25) is 4.79 Å². The molecular weight excluding hydrogens is 390 g/mol. The second-order valence-electron chi connectivity index (χ2n) is 7.50. The van der Waals surface area contributed by atoms with Crippen molar-refractivity contribution in [3.8, 4) is 11.5 Å². The SMILES string of the molecule is O=C(Nc1ccccc1OCC1CCCO1)c1ccc(OCCc2ccccc2)cc1. The van der Waals surface area contributed by atoms with Gasteiger partial charge in [-0.25, -0.2) is 0 Å². The largest absolute Gasteiger partial charge is 0.493 e. The molecular formula is C26H27NO4. The van der Waals surface area contributed by atoms with Crippen LogP contribution >= 0.6 is 0 Å². The number of amides is 1. The molecule has 31 heavy (non-hydrogen) atoms. The Morgan fingerprint density at radius 1 is 0.935 bits per heavy atom. The molecule has 1 unspecified atom stereocenters. The molecule has 0 aromatic heterocycles. The fourth-order valence-electron chi connectivity index (χ4n) is 3.48. The molecule has 1 N–H and O–H groups in total. The monoisotopic (exact) mass is 417 g/mol. The van der Waals surface area contributed by atoms with Gasteiger partial charge in [0.2, 0.25) is 0 Å². The van der Waals surface area contributed by atoms with Crippen molar-refractivity contribution in [3.63, 3.8) is 0 Å². The molecule has 0 radical (unpaired) electrons. The number of benzene rings is 3. The molecule has 0 bridgehead atoms. The van der Waals surface area contributed by atoms with Crippen LogP contribution in [0.25, 0.3) is 0 Å². The normalized spacial score (nSPS) is 15.4. The molecule has 1 atom stereocenters. The molecule has 1 amide bonds. The van der Waals surface area contributed by atoms with Crippen molar-refractivity contribution in [1.29, 1.82) is 0 Å². The maximum absolute atomic E-state index is 12.7. The maximum Gasteiger partial charge on any atom is 0.255 e. The van der Waals surface area contributed by atoms with Crippen LogP contribution in [0.5, 0.6) is 11.5 Å². The number of anilines is 1. The third kappa shape index (κ3) is 6.09. The lowest BCUT2D eigenvalue weighted by atomic mass is 10.1. The molecule has 4 rings (SSSR count). The van der Waals surface area contributed by atoms with Crippen LogP contribution in [-0.2, 0) is 11.2 Å². The van der Waals surface area contributed by atoms with Crippen LogP contribution in [0.3, 0.4) is 0 Å². The predicted octanol–water partition coefficient (Wildman–Crippen LogP) is 5.12. The molecule has 1 aliphatic rings. The fourth-order valence-corrected chi connectivity index (χ4v) is 3.48. The van der Waals surface area contributed by atoms with E-state index in [4.69, 9.17) is 14.2 Å². The Hall–Kier alpha value is -3.31. The van der Waals surface area contributed by atoms with Crippen LogP contribution in [-0.4, -0.2) is 31.8 Å². The Kier molecular flexibility index (Phi) is 7.19. The number of nitrogens with one attached hydrogen (secondary N) is 1. The predicted molar refractivity (Wildman–Crippen MR) is 121 cm³/mol. The van der Waals surface area contributed by atoms with E-state index in [1.807, 2.05) is 54.6 Å². The molecule has 0 saturated carbocycles. The van der Waals surface area contributed by atoms with Gasteiger partial charge >= 0.3 is 0 Å². The number of rotatable bonds is 9. The first-order valence-electron chi connectivity index (χ1n) is 10.7. The van der Waals surface area contributed by atoms with Crippen LogP contribution in [0, 0.1) is 0 Å². The van der Waals surface area contributed by atoms with Gasteiger partial charge < -0.3 is 19.5 Å². The van der Waals surface area contributed by atoms with Gasteiger partial charge in [-0.1, -0.05) is 42.5 Å². The van der Waals surface area contributed by atoms with Crippen LogP contribution in [0.15, 0.2) is 78.9 Å². The van der Waals surface area contributed by atoms with Crippen molar-refractivity contribution >= 4 is 11.6 Å². The molecule has 5 nitrogen and oxygen atoms in total. The maximum atomic E-state index is 12.7. The molecule has 1 fully saturated rings. The first-order valence-corrected chi connectivity index (χ1v) is 10.7. The molecule has 5 heteroatoms. The summed E-state index contributed by atoms with van der Waals surface area (Å²) in [5.41, 5.74) is 2.44. The van der Waals surface area contributed by atoms with Gasteiger partial charge in [0.25, 0.3) is 5.91 Å². The lowest BCUT2D eigenvalue weighted by molar-refractivity contribution is 0.0682. The van der Waals surface area contributed by atoms with Gasteiger partial charge in [-0.15, -0.1) is 0 Å². The van der Waals surface area contributed by atoms with Crippen molar-refractivity contribution in [2.75, 3.05) is 25.1 Å². The van der Waals surface area contributed by atoms with E-state index in [9.17, 15) is 4.79 Å². The lowest BCUT2D eigenvalue weighted by Gasteiger charge is -2.15. The quantitative estimate of drug-likeness (QED) is 0.525. The van der Waals surface area contributed by atoms with E-state index in [0.29, 0.717) is 30.2 Å². The van der Waals surface area contributed by atoms with E-state index in [0.717, 1.165) is 31.6 Å². The van der Waals surface area contributed by atoms with Crippen LogP contribution < -0.4 is 14.8 Å². The molecule has 3 aromatic carbocycles. The molecule has 1 aliphatic heterocycles. The minimum atomic E-state index is -0.191. The summed E-state index contributed by atoms with van der Waals surface area (Å²) in [4.78, 5) is 12.7. The highest BCUT2D eigenvalue weighted by Crippen LogP contribution is 2.26. The molecule has 0 spiro atoms. The summed E-state index contributed by atoms with van der Waals surface area (Å²) in [5, 5.41) is 2.94. The summed E-state index contributed by atoms with van der Waals surface area (Å²) in [6.45, 7) is 1.87. The molecule has 0 aliphatic carbocycles. The summed E-state index contributed by atoms with van der Waals surface area (Å²) in [7, 11) is 0. The topological polar surface area (TPSA) is 56.8 Å². The minimum absolute atomic E-state index is 0.123. The van der Waals surface area contributed by atoms with E-state index in [-0.39, 0.29) is 12.0 Å². The molecule has 1 heterocycles. The lowest BCUT2D eigenvalue weighted by Crippen LogP contribution is -2.18. The van der Waals surface area contributed by atoms with Crippen LogP contribution in [0.4, 0.5) is 5.69 Å². The fraction of sp³-hybridized carbons (Fsp3) is 0.269. The van der Waals surface area contributed by atoms with E-state index in [2.05, 4.69) is 17.4 Å². The zero-order valence-corrected chi connectivity index (χ0v) is 17.5. The average Bonchev–Trinajstić information content (AvgIpc) is 3.33. The van der Waals surface area contributed by atoms with Gasteiger partial charge in [0.15, 0.2) is 0 Å². The van der Waals surface area contributed by atoms with Crippen molar-refractivity contribution < 1.29 is 19.0 Å². The summed E-state index contributed by atoms with van der Waals surface area (Å²) in [6, 6.07) is 24.8. The summed E-state index contributed by atoms with van der Waals surface area (Å²) >= 11 is 0. The third-order valence-corrected chi connectivity index (χ3v) is 5.20. The Morgan fingerprint density at radius 3 is 2.48 bits per heavy atom. The van der Waals surface area contributed by atoms with E-state index < -0.39 is 0 Å². The molecule has 1 saturated heterocycles. The highest BCUT2D eigenvalue weighted by Gasteiger charge is 2.17. The van der Waals surface area contributed by atoms with E-state index in [1.54, 1.807) is 12.1 Å². The summed E-state index contributed by atoms with van der Waals surface area (Å²) in [5.74, 6) is 1.20. The molecule has 3 aromatic rings. The summed E-state index contributed by atoms with van der Waals surface area (Å²) in [6.07, 6.45) is 3.04. The van der Waals surface area contributed by atoms with Crippen molar-refractivity contribution in [2.24, 2.45) is 0 Å². The first-order chi connectivity index (χ1) is 15.3. The minimum Gasteiger partial charge on any atom is -0.493 e. The Balaban J connectivity index is 1.30. The van der Waals surface area contributed by atoms with Gasteiger partial charge in [0.05, 0.1) is 18.4 Å². The number of hydrogen-bond donors (Lipinski definition) is 1. The highest BCUT2D eigenvalue weighted by atomic mass is 16.5. The number of carbonyl (C=O) groups excluding carboxylic acids is 1. The van der Waals surface area contributed by atoms with Gasteiger partial charge in [0.1, 0.15) is 18.1 Å². The smallest absolute Gasteiger partial charge is 0.255 e. The van der Waals surface area contributed by atoms with E-state index in [1.165, 1.54) is 5.56 Å². The second-order valence-corrected chi connectivity index (χ2v) is 7.50. The zero-order valence-electron chi connectivity index (χ0n) is 17.5. The third-order valence-electron chi connectivity index (χ3n) is 5.20. The number of para-hydroxylation sites is 2. The number of hydrogen-bond acceptors (Lipinski definition) is 4. The highest BCUT2D eigenvalue weighted by molar-refractivity contribution is 6.05. The Bertz CT molecular complexity index is 966. The van der Waals surface area contributed by atoms with Crippen LogP contribution in [0.2, 0.25) is 0 Å². The zero-order chi connectivity index (χ0) is 21.3.